The Morgan fingerprint density at radius 1 is 1.38 bits per heavy atom. The minimum absolute atomic E-state index is 0.0929. The van der Waals surface area contributed by atoms with E-state index in [0.717, 1.165) is 42.4 Å². The monoisotopic (exact) mass is 376 g/mol. The van der Waals surface area contributed by atoms with Crippen LogP contribution in [0.4, 0.5) is 0 Å². The fraction of sp³-hybridized carbons (Fsp3) is 0.526. The first-order chi connectivity index (χ1) is 12.4. The van der Waals surface area contributed by atoms with E-state index in [4.69, 9.17) is 9.47 Å². The summed E-state index contributed by atoms with van der Waals surface area (Å²) in [5.74, 6) is -0.615. The van der Waals surface area contributed by atoms with Crippen molar-refractivity contribution >= 4 is 23.1 Å². The molecule has 0 aromatic carbocycles. The Morgan fingerprint density at radius 3 is 2.85 bits per heavy atom. The zero-order valence-electron chi connectivity index (χ0n) is 15.4. The smallest absolute Gasteiger partial charge is 0.312 e. The van der Waals surface area contributed by atoms with Gasteiger partial charge in [-0.2, -0.15) is 0 Å². The molecule has 140 valence electrons. The molecule has 0 bridgehead atoms. The molecule has 1 aliphatic rings. The van der Waals surface area contributed by atoms with Gasteiger partial charge in [0.25, 0.3) is 0 Å². The summed E-state index contributed by atoms with van der Waals surface area (Å²) in [4.78, 5) is 28.6. The van der Waals surface area contributed by atoms with Crippen LogP contribution < -0.4 is 0 Å². The zero-order chi connectivity index (χ0) is 18.7. The fourth-order valence-electron chi connectivity index (χ4n) is 3.27. The van der Waals surface area contributed by atoms with Crippen LogP contribution in [0.25, 0.3) is 0 Å². The molecular formula is C19H24N2O4S. The molecule has 0 amide bonds. The summed E-state index contributed by atoms with van der Waals surface area (Å²) in [6.07, 6.45) is 2.44. The highest BCUT2D eigenvalue weighted by atomic mass is 32.1. The van der Waals surface area contributed by atoms with Crippen molar-refractivity contribution in [2.45, 2.75) is 52.7 Å². The van der Waals surface area contributed by atoms with Crippen LogP contribution in [0.2, 0.25) is 0 Å². The lowest BCUT2D eigenvalue weighted by Gasteiger charge is -2.14. The summed E-state index contributed by atoms with van der Waals surface area (Å²) < 4.78 is 13.0. The van der Waals surface area contributed by atoms with E-state index >= 15 is 0 Å². The third-order valence-corrected chi connectivity index (χ3v) is 5.46. The topological polar surface area (TPSA) is 70.4 Å². The molecule has 26 heavy (non-hydrogen) atoms. The number of esters is 1. The Morgan fingerprint density at radius 2 is 2.19 bits per heavy atom. The van der Waals surface area contributed by atoms with Gasteiger partial charge in [0, 0.05) is 35.5 Å². The van der Waals surface area contributed by atoms with Crippen molar-refractivity contribution in [3.8, 4) is 0 Å². The van der Waals surface area contributed by atoms with Crippen molar-refractivity contribution in [2.24, 2.45) is 0 Å². The Kier molecular flexibility index (Phi) is 5.88. The van der Waals surface area contributed by atoms with Crippen LogP contribution in [0.1, 0.15) is 45.3 Å². The van der Waals surface area contributed by atoms with Gasteiger partial charge in [-0.05, 0) is 39.7 Å². The number of ketones is 1. The van der Waals surface area contributed by atoms with Crippen LogP contribution in [-0.2, 0) is 27.2 Å². The van der Waals surface area contributed by atoms with Crippen LogP contribution in [0, 0.1) is 20.8 Å². The second-order valence-corrected chi connectivity index (χ2v) is 7.71. The van der Waals surface area contributed by atoms with E-state index in [2.05, 4.69) is 9.55 Å². The maximum atomic E-state index is 12.5. The number of aryl methyl sites for hydroxylation is 2. The minimum Gasteiger partial charge on any atom is -0.457 e. The van der Waals surface area contributed by atoms with Crippen molar-refractivity contribution in [2.75, 3.05) is 13.2 Å². The van der Waals surface area contributed by atoms with Crippen molar-refractivity contribution in [1.82, 2.24) is 9.55 Å². The maximum absolute atomic E-state index is 12.5. The molecule has 1 aliphatic heterocycles. The highest BCUT2D eigenvalue weighted by Crippen LogP contribution is 2.21. The van der Waals surface area contributed by atoms with Crippen molar-refractivity contribution < 1.29 is 19.1 Å². The predicted molar refractivity (Wildman–Crippen MR) is 98.7 cm³/mol. The van der Waals surface area contributed by atoms with Crippen LogP contribution in [-0.4, -0.2) is 40.6 Å². The van der Waals surface area contributed by atoms with Gasteiger partial charge in [-0.25, -0.2) is 4.98 Å². The minimum atomic E-state index is -0.434. The van der Waals surface area contributed by atoms with Gasteiger partial charge in [0.05, 0.1) is 23.2 Å². The molecule has 2 aromatic rings. The molecule has 7 heteroatoms. The van der Waals surface area contributed by atoms with Gasteiger partial charge in [0.1, 0.15) is 0 Å². The number of nitrogens with zero attached hydrogens (tertiary/aromatic N) is 2. The first-order valence-electron chi connectivity index (χ1n) is 8.82. The highest BCUT2D eigenvalue weighted by molar-refractivity contribution is 7.09. The standard InChI is InChI=1S/C19H24N2O4S/c1-12-7-17(13(2)21(12)9-16-5-4-6-24-16)18(22)10-25-19(23)8-15-11-26-14(3)20-15/h7,11,16H,4-6,8-10H2,1-3H3/t16-/m0/s1. The van der Waals surface area contributed by atoms with Crippen molar-refractivity contribution in [3.63, 3.8) is 0 Å². The SMILES string of the molecule is Cc1nc(CC(=O)OCC(=O)c2cc(C)n(C[C@@H]3CCCO3)c2C)cs1. The molecule has 2 aromatic heterocycles. The second-order valence-electron chi connectivity index (χ2n) is 6.65. The lowest BCUT2D eigenvalue weighted by molar-refractivity contribution is -0.141. The number of rotatable bonds is 7. The normalized spacial score (nSPS) is 16.8. The molecule has 1 saturated heterocycles. The van der Waals surface area contributed by atoms with E-state index < -0.39 is 5.97 Å². The van der Waals surface area contributed by atoms with E-state index in [9.17, 15) is 9.59 Å². The number of carbonyl (C=O) groups excluding carboxylic acids is 2. The van der Waals surface area contributed by atoms with Gasteiger partial charge in [0.2, 0.25) is 5.78 Å². The van der Waals surface area contributed by atoms with Gasteiger partial charge in [-0.15, -0.1) is 11.3 Å². The summed E-state index contributed by atoms with van der Waals surface area (Å²) in [6, 6.07) is 1.87. The van der Waals surface area contributed by atoms with E-state index in [1.165, 1.54) is 11.3 Å². The summed E-state index contributed by atoms with van der Waals surface area (Å²) in [6.45, 7) is 7.12. The predicted octanol–water partition coefficient (Wildman–Crippen LogP) is 3.02. The summed E-state index contributed by atoms with van der Waals surface area (Å²) >= 11 is 1.49. The largest absolute Gasteiger partial charge is 0.457 e. The molecule has 1 fully saturated rings. The molecule has 0 unspecified atom stereocenters. The second kappa shape index (κ2) is 8.14. The number of hydrogen-bond donors (Lipinski definition) is 0. The van der Waals surface area contributed by atoms with Crippen LogP contribution in [0.3, 0.4) is 0 Å². The van der Waals surface area contributed by atoms with E-state index in [1.54, 1.807) is 0 Å². The summed E-state index contributed by atoms with van der Waals surface area (Å²) in [5, 5.41) is 2.74. The molecule has 3 heterocycles. The summed E-state index contributed by atoms with van der Waals surface area (Å²) in [7, 11) is 0. The van der Waals surface area contributed by atoms with Crippen molar-refractivity contribution in [1.29, 1.82) is 0 Å². The fourth-order valence-corrected chi connectivity index (χ4v) is 3.88. The van der Waals surface area contributed by atoms with Gasteiger partial charge in [-0.3, -0.25) is 9.59 Å². The molecule has 0 spiro atoms. The molecule has 6 nitrogen and oxygen atoms in total. The number of aromatic nitrogens is 2. The Balaban J connectivity index is 1.58. The van der Waals surface area contributed by atoms with E-state index in [1.807, 2.05) is 32.2 Å². The molecule has 0 N–H and O–H groups in total. The Hall–Kier alpha value is -1.99. The third kappa shape index (κ3) is 4.40. The molecule has 1 atom stereocenters. The highest BCUT2D eigenvalue weighted by Gasteiger charge is 2.21. The van der Waals surface area contributed by atoms with Crippen LogP contribution in [0.5, 0.6) is 0 Å². The van der Waals surface area contributed by atoms with Crippen LogP contribution >= 0.6 is 11.3 Å². The average molecular weight is 376 g/mol. The zero-order valence-corrected chi connectivity index (χ0v) is 16.2. The van der Waals surface area contributed by atoms with Gasteiger partial charge in [0.15, 0.2) is 6.61 Å². The molecule has 0 saturated carbocycles. The third-order valence-electron chi connectivity index (χ3n) is 4.64. The lowest BCUT2D eigenvalue weighted by atomic mass is 10.1. The van der Waals surface area contributed by atoms with E-state index in [0.29, 0.717) is 11.3 Å². The number of thiazole rings is 1. The Bertz CT molecular complexity index is 803. The quantitative estimate of drug-likeness (QED) is 0.549. The average Bonchev–Trinajstić information content (AvgIpc) is 3.31. The number of carbonyl (C=O) groups is 2. The molecule has 0 radical (unpaired) electrons. The van der Waals surface area contributed by atoms with Crippen LogP contribution in [0.15, 0.2) is 11.4 Å². The van der Waals surface area contributed by atoms with Crippen molar-refractivity contribution in [3.05, 3.63) is 39.1 Å². The van der Waals surface area contributed by atoms with Gasteiger partial charge < -0.3 is 14.0 Å². The molecule has 3 rings (SSSR count). The first kappa shape index (κ1) is 18.8. The molecule has 0 aliphatic carbocycles. The maximum Gasteiger partial charge on any atom is 0.312 e. The molecular weight excluding hydrogens is 352 g/mol. The summed E-state index contributed by atoms with van der Waals surface area (Å²) in [5.41, 5.74) is 3.21. The van der Waals surface area contributed by atoms with E-state index in [-0.39, 0.29) is 24.9 Å². The number of hydrogen-bond acceptors (Lipinski definition) is 6. The van der Waals surface area contributed by atoms with Gasteiger partial charge in [-0.1, -0.05) is 0 Å². The van der Waals surface area contributed by atoms with Gasteiger partial charge >= 0.3 is 5.97 Å². The number of ether oxygens (including phenoxy) is 2. The number of Topliss-reactive ketones (excluding diaryl/α,β-unsaturated/α-hetero) is 1. The Labute approximate surface area is 157 Å². The first-order valence-corrected chi connectivity index (χ1v) is 9.70. The lowest BCUT2D eigenvalue weighted by Crippen LogP contribution is -2.18.